The number of aliphatic carboxylic acids is 1. The lowest BCUT2D eigenvalue weighted by atomic mass is 10.0. The van der Waals surface area contributed by atoms with E-state index in [0.717, 1.165) is 12.8 Å². The first kappa shape index (κ1) is 53.3. The molecule has 9 aliphatic rings. The van der Waals surface area contributed by atoms with Gasteiger partial charge in [0.2, 0.25) is 47.3 Å². The zero-order valence-corrected chi connectivity index (χ0v) is 44.2. The molecule has 21 nitrogen and oxygen atoms in total. The molecule has 0 aromatic heterocycles. The van der Waals surface area contributed by atoms with Crippen molar-refractivity contribution in [2.75, 3.05) is 58.1 Å². The highest BCUT2D eigenvalue weighted by Crippen LogP contribution is 2.41. The van der Waals surface area contributed by atoms with Crippen LogP contribution in [-0.4, -0.2) is 226 Å². The van der Waals surface area contributed by atoms with Gasteiger partial charge in [-0.15, -0.1) is 0 Å². The summed E-state index contributed by atoms with van der Waals surface area (Å²) in [7, 11) is 0. The average Bonchev–Trinajstić information content (AvgIpc) is 4.23. The van der Waals surface area contributed by atoms with Gasteiger partial charge >= 0.3 is 5.97 Å². The lowest BCUT2D eigenvalue weighted by Crippen LogP contribution is -2.59. The van der Waals surface area contributed by atoms with Crippen molar-refractivity contribution >= 4 is 65.9 Å². The van der Waals surface area contributed by atoms with E-state index in [-0.39, 0.29) is 64.1 Å². The molecule has 404 valence electrons. The molecule has 8 amide bonds. The Labute approximate surface area is 434 Å². The molecule has 2 N–H and O–H groups in total. The Balaban J connectivity index is 0.820. The number of carbonyl (C=O) groups excluding carboxylic acids is 8. The summed E-state index contributed by atoms with van der Waals surface area (Å²) in [5.74, 6) is -3.43. The predicted molar refractivity (Wildman–Crippen MR) is 267 cm³/mol. The van der Waals surface area contributed by atoms with Crippen LogP contribution in [-0.2, 0) is 48.1 Å². The first-order valence-corrected chi connectivity index (χ1v) is 28.0. The van der Waals surface area contributed by atoms with Crippen molar-refractivity contribution in [1.82, 2.24) is 49.7 Å². The fraction of sp³-hybridized carbons (Fsp3) is 0.824. The summed E-state index contributed by atoms with van der Waals surface area (Å²) in [5, 5.41) is 11.6. The Morgan fingerprint density at radius 1 is 0.438 bits per heavy atom. The summed E-state index contributed by atoms with van der Waals surface area (Å²) in [4.78, 5) is 145. The van der Waals surface area contributed by atoms with Gasteiger partial charge in [-0.1, -0.05) is 0 Å². The van der Waals surface area contributed by atoms with Gasteiger partial charge in [0.1, 0.15) is 54.4 Å². The van der Waals surface area contributed by atoms with E-state index in [1.807, 2.05) is 5.06 Å². The van der Waals surface area contributed by atoms with Crippen LogP contribution in [0.2, 0.25) is 0 Å². The van der Waals surface area contributed by atoms with Crippen LogP contribution in [0.15, 0.2) is 0 Å². The van der Waals surface area contributed by atoms with Crippen molar-refractivity contribution in [3.8, 4) is 0 Å². The number of hydroxylamine groups is 3. The molecule has 0 aromatic rings. The molecule has 0 saturated carbocycles. The third-order valence-corrected chi connectivity index (χ3v) is 18.1. The molecule has 5 unspecified atom stereocenters. The summed E-state index contributed by atoms with van der Waals surface area (Å²) in [6, 6.07) is -7.31. The topological polar surface area (TPSA) is 224 Å². The van der Waals surface area contributed by atoms with Gasteiger partial charge in [-0.2, -0.15) is 23.2 Å². The SMILES string of the molecule is CC1(C)CCC(C)(C)N1ON[C@@H](CS)C(=O)N1CCC[C@H]1C(=O)N1CCCC1C(=O)N1CCCC1C(=O)N1CCC[C@H]1C(=O)N1CCCC1C(=O)N1CCCC1C(=O)N1CCCC1C(=O)N1CCC[C@H]1C(=O)O. The quantitative estimate of drug-likeness (QED) is 0.176. The van der Waals surface area contributed by atoms with Crippen molar-refractivity contribution in [2.24, 2.45) is 0 Å². The molecule has 0 aromatic carbocycles. The van der Waals surface area contributed by atoms with Crippen molar-refractivity contribution in [1.29, 1.82) is 0 Å². The van der Waals surface area contributed by atoms with Gasteiger partial charge in [0.05, 0.1) is 0 Å². The molecule has 9 saturated heterocycles. The van der Waals surface area contributed by atoms with E-state index in [0.29, 0.717) is 155 Å². The fourth-order valence-corrected chi connectivity index (χ4v) is 14.2. The largest absolute Gasteiger partial charge is 0.480 e. The highest BCUT2D eigenvalue weighted by Gasteiger charge is 2.52. The predicted octanol–water partition coefficient (Wildman–Crippen LogP) is 1.39. The van der Waals surface area contributed by atoms with E-state index in [1.165, 1.54) is 9.80 Å². The molecule has 22 heteroatoms. The number of likely N-dealkylation sites (tertiary alicyclic amines) is 8. The van der Waals surface area contributed by atoms with Gasteiger partial charge in [0.25, 0.3) is 0 Å². The van der Waals surface area contributed by atoms with E-state index >= 15 is 0 Å². The van der Waals surface area contributed by atoms with Gasteiger partial charge in [0.15, 0.2) is 0 Å². The number of carboxylic acid groups (broad SMARTS) is 1. The van der Waals surface area contributed by atoms with Crippen LogP contribution in [0.25, 0.3) is 0 Å². The number of amides is 8. The number of thiol groups is 1. The highest BCUT2D eigenvalue weighted by molar-refractivity contribution is 7.80. The van der Waals surface area contributed by atoms with Crippen LogP contribution in [0, 0.1) is 0 Å². The molecule has 73 heavy (non-hydrogen) atoms. The number of carbonyl (C=O) groups is 9. The zero-order valence-electron chi connectivity index (χ0n) is 43.3. The van der Waals surface area contributed by atoms with Crippen molar-refractivity contribution in [3.63, 3.8) is 0 Å². The Bertz CT molecular complexity index is 2180. The molecule has 9 heterocycles. The van der Waals surface area contributed by atoms with E-state index in [4.69, 9.17) is 4.94 Å². The molecule has 0 bridgehead atoms. The van der Waals surface area contributed by atoms with Gasteiger partial charge in [-0.05, 0) is 143 Å². The second-order valence-corrected chi connectivity index (χ2v) is 23.6. The van der Waals surface area contributed by atoms with E-state index in [1.54, 1.807) is 29.4 Å². The van der Waals surface area contributed by atoms with E-state index in [2.05, 4.69) is 45.8 Å². The average molecular weight is 1040 g/mol. The molecule has 9 fully saturated rings. The molecule has 0 aliphatic carbocycles. The lowest BCUT2D eigenvalue weighted by Gasteiger charge is -2.39. The first-order chi connectivity index (χ1) is 34.9. The maximum absolute atomic E-state index is 14.7. The molecule has 9 rings (SSSR count). The number of hydrogen-bond acceptors (Lipinski definition) is 13. The maximum atomic E-state index is 14.7. The van der Waals surface area contributed by atoms with Crippen LogP contribution < -0.4 is 5.48 Å². The monoisotopic (exact) mass is 1040 g/mol. The number of nitrogens with zero attached hydrogens (tertiary/aromatic N) is 9. The third-order valence-electron chi connectivity index (χ3n) is 17.8. The molecule has 9 aliphatic heterocycles. The van der Waals surface area contributed by atoms with Gasteiger partial charge < -0.3 is 44.3 Å². The van der Waals surface area contributed by atoms with E-state index in [9.17, 15) is 48.3 Å². The van der Waals surface area contributed by atoms with Crippen LogP contribution in [0.5, 0.6) is 0 Å². The van der Waals surface area contributed by atoms with E-state index < -0.39 is 60.3 Å². The Morgan fingerprint density at radius 3 is 0.932 bits per heavy atom. The molecule has 0 spiro atoms. The molecule has 0 radical (unpaired) electrons. The fourth-order valence-electron chi connectivity index (χ4n) is 14.0. The Morgan fingerprint density at radius 2 is 0.671 bits per heavy atom. The molecular weight excluding hydrogens is 961 g/mol. The normalized spacial score (nSPS) is 31.6. The summed E-state index contributed by atoms with van der Waals surface area (Å²) < 4.78 is 0. The second kappa shape index (κ2) is 21.6. The first-order valence-electron chi connectivity index (χ1n) is 27.4. The van der Waals surface area contributed by atoms with Crippen LogP contribution in [0.1, 0.15) is 143 Å². The number of rotatable bonds is 13. The minimum atomic E-state index is -1.06. The number of carboxylic acids is 1. The minimum Gasteiger partial charge on any atom is -0.480 e. The highest BCUT2D eigenvalue weighted by atomic mass is 32.1. The summed E-state index contributed by atoms with van der Waals surface area (Å²) >= 11 is 4.49. The third kappa shape index (κ3) is 10.1. The minimum absolute atomic E-state index is 0.145. The van der Waals surface area contributed by atoms with Crippen LogP contribution >= 0.6 is 12.6 Å². The summed E-state index contributed by atoms with van der Waals surface area (Å²) in [6.45, 7) is 11.1. The van der Waals surface area contributed by atoms with Gasteiger partial charge in [0, 0.05) is 69.2 Å². The standard InChI is InChI=1S/C51H78N10O11S/c1-50(2)21-22-51(3,4)61(50)72-52-32(31-73)41(62)53-23-5-13-33(53)42(63)54-24-6-14-34(54)43(64)55-25-7-15-35(55)44(65)56-26-8-16-36(56)45(66)57-27-9-17-37(57)46(67)58-28-10-18-38(58)47(68)59-29-11-19-39(59)48(69)60-30-12-20-40(60)49(70)71/h32-40,52,73H,5-31H2,1-4H3,(H,70,71)/t32-,33-,34?,35?,36-,37?,38?,39?,40-/m0/s1. The lowest BCUT2D eigenvalue weighted by molar-refractivity contribution is -0.284. The summed E-state index contributed by atoms with van der Waals surface area (Å²) in [6.07, 6.45) is 9.88. The van der Waals surface area contributed by atoms with Gasteiger partial charge in [-0.25, -0.2) is 9.73 Å². The van der Waals surface area contributed by atoms with Gasteiger partial charge in [-0.3, -0.25) is 38.4 Å². The maximum Gasteiger partial charge on any atom is 0.326 e. The van der Waals surface area contributed by atoms with Crippen LogP contribution in [0.3, 0.4) is 0 Å². The van der Waals surface area contributed by atoms with Crippen molar-refractivity contribution in [2.45, 2.75) is 209 Å². The molecule has 9 atom stereocenters. The Hall–Kier alpha value is -4.54. The number of hydrogen-bond donors (Lipinski definition) is 3. The summed E-state index contributed by atoms with van der Waals surface area (Å²) in [5.41, 5.74) is 2.46. The molecular formula is C51H78N10O11S. The number of nitrogens with one attached hydrogen (secondary N) is 1. The Kier molecular flexibility index (Phi) is 15.8. The smallest absolute Gasteiger partial charge is 0.326 e. The zero-order chi connectivity index (χ0) is 52.1. The second-order valence-electron chi connectivity index (χ2n) is 23.2. The van der Waals surface area contributed by atoms with Crippen molar-refractivity contribution in [3.05, 3.63) is 0 Å². The van der Waals surface area contributed by atoms with Crippen LogP contribution in [0.4, 0.5) is 0 Å². The van der Waals surface area contributed by atoms with Crippen molar-refractivity contribution < 1.29 is 53.2 Å².